The van der Waals surface area contributed by atoms with Gasteiger partial charge in [-0.2, -0.15) is 0 Å². The second-order valence-electron chi connectivity index (χ2n) is 22.6. The number of aliphatic hydroxyl groups excluding tert-OH is 4. The number of anilines is 2. The van der Waals surface area contributed by atoms with E-state index in [0.717, 1.165) is 55.8 Å². The molecule has 0 aromatic heterocycles. The van der Waals surface area contributed by atoms with E-state index < -0.39 is 23.9 Å². The van der Waals surface area contributed by atoms with Gasteiger partial charge in [0, 0.05) is 42.0 Å². The Labute approximate surface area is 410 Å². The number of rotatable bonds is 14. The molecule has 376 valence electrons. The Morgan fingerprint density at radius 1 is 0.912 bits per heavy atom. The van der Waals surface area contributed by atoms with Gasteiger partial charge in [0.2, 0.25) is 0 Å². The molecule has 0 radical (unpaired) electrons. The van der Waals surface area contributed by atoms with Gasteiger partial charge < -0.3 is 45.8 Å². The van der Waals surface area contributed by atoms with Gasteiger partial charge in [-0.3, -0.25) is 0 Å². The molecule has 3 aliphatic carbocycles. The third kappa shape index (κ3) is 15.6. The molecule has 9 heteroatoms. The number of fused-ring (bicyclic) bond motifs is 3. The number of para-hydroxylation sites is 2. The average Bonchev–Trinajstić information content (AvgIpc) is 3.56. The van der Waals surface area contributed by atoms with E-state index >= 15 is 0 Å². The fourth-order valence-corrected chi connectivity index (χ4v) is 11.4. The first-order valence-corrected chi connectivity index (χ1v) is 25.7. The van der Waals surface area contributed by atoms with Crippen LogP contribution in [0.4, 0.5) is 11.4 Å². The second kappa shape index (κ2) is 24.8. The number of aromatic hydroxyl groups is 1. The van der Waals surface area contributed by atoms with Crippen molar-refractivity contribution in [1.29, 1.82) is 0 Å². The molecule has 0 spiro atoms. The van der Waals surface area contributed by atoms with E-state index in [4.69, 9.17) is 5.11 Å². The molecule has 0 amide bonds. The van der Waals surface area contributed by atoms with Crippen LogP contribution in [0.1, 0.15) is 147 Å². The number of benzene rings is 3. The lowest BCUT2D eigenvalue weighted by Gasteiger charge is -2.44. The zero-order valence-electron chi connectivity index (χ0n) is 43.3. The molecule has 7 N–H and O–H groups in total. The average molecular weight is 936 g/mol. The molecule has 1 aliphatic heterocycles. The SMILES string of the molecule is C=C1/C(=C\C=C2/CCC[C@]3(C)[C@@H]([C@H](C)CCCC(C)(C)O)CC[C@@H]23)C[C@@H](O)C[C@@H]1O.CC(C)(C)NCC(O)c1ccc(O)c(CO)c1.CN(C)CCCN1c2ccccc2CCc2ccccc21. The lowest BCUT2D eigenvalue weighted by Crippen LogP contribution is -2.38. The van der Waals surface area contributed by atoms with E-state index in [0.29, 0.717) is 47.8 Å². The quantitative estimate of drug-likeness (QED) is 0.0842. The van der Waals surface area contributed by atoms with E-state index in [1.54, 1.807) is 17.7 Å². The molecule has 7 rings (SSSR count). The summed E-state index contributed by atoms with van der Waals surface area (Å²) in [4.78, 5) is 4.77. The zero-order valence-corrected chi connectivity index (χ0v) is 43.3. The molecule has 9 nitrogen and oxygen atoms in total. The van der Waals surface area contributed by atoms with Crippen molar-refractivity contribution in [2.45, 2.75) is 168 Å². The minimum Gasteiger partial charge on any atom is -0.508 e. The van der Waals surface area contributed by atoms with Gasteiger partial charge in [-0.25, -0.2) is 0 Å². The Kier molecular flexibility index (Phi) is 20.1. The topological polar surface area (TPSA) is 140 Å². The first-order chi connectivity index (χ1) is 32.1. The van der Waals surface area contributed by atoms with Crippen LogP contribution in [-0.4, -0.2) is 92.6 Å². The largest absolute Gasteiger partial charge is 0.508 e. The highest BCUT2D eigenvalue weighted by molar-refractivity contribution is 5.71. The monoisotopic (exact) mass is 936 g/mol. The lowest BCUT2D eigenvalue weighted by molar-refractivity contribution is 0.0596. The summed E-state index contributed by atoms with van der Waals surface area (Å²) in [6.07, 6.45) is 16.7. The minimum atomic E-state index is -0.653. The van der Waals surface area contributed by atoms with Crippen LogP contribution in [0, 0.1) is 23.2 Å². The first kappa shape index (κ1) is 55.1. The van der Waals surface area contributed by atoms with Crippen molar-refractivity contribution in [3.63, 3.8) is 0 Å². The minimum absolute atomic E-state index is 0.0484. The lowest BCUT2D eigenvalue weighted by atomic mass is 9.60. The number of hydrogen-bond acceptors (Lipinski definition) is 9. The van der Waals surface area contributed by atoms with Crippen LogP contribution in [0.5, 0.6) is 5.75 Å². The van der Waals surface area contributed by atoms with Crippen molar-refractivity contribution in [3.05, 3.63) is 124 Å². The van der Waals surface area contributed by atoms with Crippen molar-refractivity contribution < 1.29 is 30.6 Å². The Morgan fingerprint density at radius 2 is 1.56 bits per heavy atom. The summed E-state index contributed by atoms with van der Waals surface area (Å²) in [5.41, 5.74) is 9.94. The highest BCUT2D eigenvalue weighted by atomic mass is 16.3. The third-order valence-electron chi connectivity index (χ3n) is 15.1. The maximum Gasteiger partial charge on any atom is 0.121 e. The maximum atomic E-state index is 10.1. The number of phenols is 1. The summed E-state index contributed by atoms with van der Waals surface area (Å²) in [5, 5.41) is 61.8. The number of nitrogens with zero attached hydrogens (tertiary/aromatic N) is 2. The van der Waals surface area contributed by atoms with Crippen molar-refractivity contribution in [1.82, 2.24) is 10.2 Å². The highest BCUT2D eigenvalue weighted by Crippen LogP contribution is 2.60. The van der Waals surface area contributed by atoms with Gasteiger partial charge in [-0.15, -0.1) is 0 Å². The summed E-state index contributed by atoms with van der Waals surface area (Å²) in [6.45, 7) is 21.3. The van der Waals surface area contributed by atoms with Crippen LogP contribution in [0.2, 0.25) is 0 Å². The number of hydrogen-bond donors (Lipinski definition) is 7. The number of allylic oxidation sites excluding steroid dienone is 3. The summed E-state index contributed by atoms with van der Waals surface area (Å²) >= 11 is 0. The normalized spacial score (nSPS) is 24.8. The summed E-state index contributed by atoms with van der Waals surface area (Å²) < 4.78 is 0. The number of aryl methyl sites for hydroxylation is 2. The van der Waals surface area contributed by atoms with Crippen LogP contribution >= 0.6 is 0 Å². The van der Waals surface area contributed by atoms with Crippen LogP contribution in [0.3, 0.4) is 0 Å². The molecular formula is C59H89N3O6. The molecule has 68 heavy (non-hydrogen) atoms. The fraction of sp³-hybridized carbons (Fsp3) is 0.593. The van der Waals surface area contributed by atoms with Crippen LogP contribution in [-0.2, 0) is 19.4 Å². The fourth-order valence-electron chi connectivity index (χ4n) is 11.4. The summed E-state index contributed by atoms with van der Waals surface area (Å²) in [5.74, 6) is 2.15. The van der Waals surface area contributed by atoms with Gasteiger partial charge >= 0.3 is 0 Å². The standard InChI is InChI=1S/C27H44O3.C19H24N2.C13H21NO3/c1-18(8-6-14-26(3,4)30)23-12-13-24-20(9-7-15-27(23,24)5)10-11-21-16-22(28)17-25(29)19(21)2;1-20(2)14-7-15-21-18-10-5-3-8-16(18)12-13-17-9-4-6-11-19(17)21;1-13(2,3)14-7-12(17)9-4-5-11(16)10(6-9)8-15/h10-11,18,22-25,28-30H,2,6-9,12-17H2,1,3-5H3;3-6,8-11H,7,12-15H2,1-2H3;4-6,12,14-17H,7-8H2,1-3H3/b20-10+,21-11-;;/t18-,22-,23-,24+,25+,27-;;/m1../s1. The molecule has 3 aromatic carbocycles. The predicted octanol–water partition coefficient (Wildman–Crippen LogP) is 10.9. The van der Waals surface area contributed by atoms with Gasteiger partial charge in [0.15, 0.2) is 0 Å². The van der Waals surface area contributed by atoms with E-state index in [-0.39, 0.29) is 17.9 Å². The Hall–Kier alpha value is -3.80. The molecule has 7 atom stereocenters. The Balaban J connectivity index is 0.000000200. The second-order valence-corrected chi connectivity index (χ2v) is 22.6. The smallest absolute Gasteiger partial charge is 0.121 e. The molecule has 3 saturated carbocycles. The maximum absolute atomic E-state index is 10.1. The molecule has 1 heterocycles. The number of β-amino-alcohol motifs (C(OH)–C–C–N with tert-alkyl or cyclic N) is 1. The van der Waals surface area contributed by atoms with Crippen molar-refractivity contribution in [3.8, 4) is 5.75 Å². The number of nitrogens with one attached hydrogen (secondary N) is 1. The number of aliphatic hydroxyl groups is 5. The van der Waals surface area contributed by atoms with E-state index in [9.17, 15) is 25.5 Å². The first-order valence-electron chi connectivity index (χ1n) is 25.7. The summed E-state index contributed by atoms with van der Waals surface area (Å²) in [6, 6.07) is 22.5. The van der Waals surface area contributed by atoms with Crippen molar-refractivity contribution >= 4 is 11.4 Å². The van der Waals surface area contributed by atoms with Crippen LogP contribution in [0.25, 0.3) is 0 Å². The van der Waals surface area contributed by atoms with Gasteiger partial charge in [0.1, 0.15) is 5.75 Å². The van der Waals surface area contributed by atoms with E-state index in [2.05, 4.69) is 110 Å². The zero-order chi connectivity index (χ0) is 49.8. The van der Waals surface area contributed by atoms with Gasteiger partial charge in [-0.1, -0.05) is 93.5 Å². The van der Waals surface area contributed by atoms with Crippen molar-refractivity contribution in [2.75, 3.05) is 38.6 Å². The molecule has 0 saturated heterocycles. The van der Waals surface area contributed by atoms with E-state index in [1.807, 2.05) is 34.6 Å². The highest BCUT2D eigenvalue weighted by Gasteiger charge is 2.50. The van der Waals surface area contributed by atoms with Crippen LogP contribution in [0.15, 0.2) is 102 Å². The Bertz CT molecular complexity index is 2080. The van der Waals surface area contributed by atoms with Crippen molar-refractivity contribution in [2.24, 2.45) is 23.2 Å². The van der Waals surface area contributed by atoms with Gasteiger partial charge in [-0.05, 0) is 195 Å². The van der Waals surface area contributed by atoms with Crippen LogP contribution < -0.4 is 10.2 Å². The Morgan fingerprint density at radius 3 is 2.16 bits per heavy atom. The predicted molar refractivity (Wildman–Crippen MR) is 281 cm³/mol. The molecule has 1 unspecified atom stereocenters. The van der Waals surface area contributed by atoms with E-state index in [1.165, 1.54) is 73.5 Å². The van der Waals surface area contributed by atoms with Gasteiger partial charge in [0.25, 0.3) is 0 Å². The molecule has 3 aromatic rings. The molecule has 4 aliphatic rings. The molecule has 0 bridgehead atoms. The summed E-state index contributed by atoms with van der Waals surface area (Å²) in [7, 11) is 4.29. The molecule has 3 fully saturated rings. The van der Waals surface area contributed by atoms with Gasteiger partial charge in [0.05, 0.1) is 30.5 Å². The third-order valence-corrected chi connectivity index (χ3v) is 15.1. The molecular weight excluding hydrogens is 847 g/mol.